The third-order valence-electron chi connectivity index (χ3n) is 0.943. The van der Waals surface area contributed by atoms with Gasteiger partial charge in [0.25, 0.3) is 0 Å². The minimum absolute atomic E-state index is 0.281. The average Bonchev–Trinajstić information content (AvgIpc) is 1.86. The summed E-state index contributed by atoms with van der Waals surface area (Å²) in [6.07, 6.45) is 1.50. The molecule has 0 aromatic rings. The molecule has 0 fully saturated rings. The molecule has 0 aromatic heterocycles. The molecule has 0 heterocycles. The SMILES string of the molecule is CC(C)[SiH2]C(C)C.N=C=O.N=C=O. The molecule has 76 valence electrons. The van der Waals surface area contributed by atoms with Gasteiger partial charge >= 0.3 is 0 Å². The Labute approximate surface area is 81.6 Å². The molecular formula is C8H18N2O2Si. The summed E-state index contributed by atoms with van der Waals surface area (Å²) in [6, 6.07) is 0. The molecule has 0 saturated heterocycles. The van der Waals surface area contributed by atoms with Crippen LogP contribution in [0.5, 0.6) is 0 Å². The van der Waals surface area contributed by atoms with Crippen LogP contribution >= 0.6 is 0 Å². The standard InChI is InChI=1S/C6H16Si.2CHNO/c1-5(2)7-6(3)4;2*2-1-3/h5-6H,7H2,1-4H3;2*2H. The molecule has 0 bridgehead atoms. The first-order chi connectivity index (χ1) is 5.95. The molecule has 0 spiro atoms. The van der Waals surface area contributed by atoms with Gasteiger partial charge in [-0.15, -0.1) is 0 Å². The zero-order valence-corrected chi connectivity index (χ0v) is 10.1. The zero-order valence-electron chi connectivity index (χ0n) is 8.68. The Hall–Kier alpha value is -1.02. The molecule has 0 amide bonds. The fourth-order valence-electron chi connectivity index (χ4n) is 0.943. The van der Waals surface area contributed by atoms with Crippen LogP contribution in [0.3, 0.4) is 0 Å². The summed E-state index contributed by atoms with van der Waals surface area (Å²) in [6.45, 7) is 9.30. The predicted molar refractivity (Wildman–Crippen MR) is 55.6 cm³/mol. The first kappa shape index (κ1) is 17.9. The van der Waals surface area contributed by atoms with Crippen molar-refractivity contribution >= 4 is 21.7 Å². The highest BCUT2D eigenvalue weighted by molar-refractivity contribution is 6.38. The van der Waals surface area contributed by atoms with Crippen molar-refractivity contribution in [1.82, 2.24) is 0 Å². The Bertz CT molecular complexity index is 140. The van der Waals surface area contributed by atoms with Gasteiger partial charge in [0.05, 0.1) is 0 Å². The highest BCUT2D eigenvalue weighted by atomic mass is 28.2. The van der Waals surface area contributed by atoms with Gasteiger partial charge in [-0.1, -0.05) is 38.8 Å². The normalized spacial score (nSPS) is 7.23. The largest absolute Gasteiger partial charge is 0.231 e. The molecule has 0 aliphatic heterocycles. The highest BCUT2D eigenvalue weighted by Crippen LogP contribution is 2.07. The van der Waals surface area contributed by atoms with Crippen molar-refractivity contribution in [3.05, 3.63) is 0 Å². The van der Waals surface area contributed by atoms with Crippen molar-refractivity contribution in [3.63, 3.8) is 0 Å². The van der Waals surface area contributed by atoms with Crippen LogP contribution in [0.1, 0.15) is 27.7 Å². The average molecular weight is 202 g/mol. The summed E-state index contributed by atoms with van der Waals surface area (Å²) >= 11 is 0. The lowest BCUT2D eigenvalue weighted by molar-refractivity contribution is 0.562. The fraction of sp³-hybridized carbons (Fsp3) is 0.750. The van der Waals surface area contributed by atoms with E-state index in [9.17, 15) is 0 Å². The van der Waals surface area contributed by atoms with Crippen LogP contribution < -0.4 is 0 Å². The maximum atomic E-state index is 8.35. The fourth-order valence-corrected chi connectivity index (χ4v) is 2.83. The quantitative estimate of drug-likeness (QED) is 0.405. The van der Waals surface area contributed by atoms with Crippen molar-refractivity contribution in [3.8, 4) is 0 Å². The van der Waals surface area contributed by atoms with Crippen LogP contribution in [0.15, 0.2) is 0 Å². The molecule has 0 aromatic carbocycles. The van der Waals surface area contributed by atoms with E-state index < -0.39 is 0 Å². The van der Waals surface area contributed by atoms with Gasteiger partial charge in [0.2, 0.25) is 12.2 Å². The Balaban J connectivity index is -0.000000140. The van der Waals surface area contributed by atoms with Crippen molar-refractivity contribution in [2.75, 3.05) is 0 Å². The maximum Gasteiger partial charge on any atom is 0.231 e. The summed E-state index contributed by atoms with van der Waals surface area (Å²) in [5.74, 6) is 0. The smallest absolute Gasteiger partial charge is 0.222 e. The lowest BCUT2D eigenvalue weighted by Crippen LogP contribution is -1.98. The van der Waals surface area contributed by atoms with Gasteiger partial charge in [0.15, 0.2) is 0 Å². The van der Waals surface area contributed by atoms with E-state index in [2.05, 4.69) is 27.7 Å². The number of hydrogen-bond acceptors (Lipinski definition) is 4. The van der Waals surface area contributed by atoms with Crippen LogP contribution in [0.4, 0.5) is 0 Å². The molecule has 0 rings (SSSR count). The Morgan fingerprint density at radius 3 is 1.08 bits per heavy atom. The second-order valence-electron chi connectivity index (χ2n) is 3.23. The Morgan fingerprint density at radius 1 is 0.923 bits per heavy atom. The van der Waals surface area contributed by atoms with E-state index in [-0.39, 0.29) is 9.52 Å². The number of rotatable bonds is 2. The molecule has 4 nitrogen and oxygen atoms in total. The molecule has 0 unspecified atom stereocenters. The van der Waals surface area contributed by atoms with E-state index in [1.165, 1.54) is 0 Å². The highest BCUT2D eigenvalue weighted by Gasteiger charge is 1.97. The topological polar surface area (TPSA) is 81.8 Å². The summed E-state index contributed by atoms with van der Waals surface area (Å²) in [4.78, 5) is 16.7. The third kappa shape index (κ3) is 99.8. The molecular weight excluding hydrogens is 184 g/mol. The van der Waals surface area contributed by atoms with Gasteiger partial charge in [0.1, 0.15) is 0 Å². The monoisotopic (exact) mass is 202 g/mol. The van der Waals surface area contributed by atoms with E-state index in [0.29, 0.717) is 0 Å². The van der Waals surface area contributed by atoms with Crippen LogP contribution in [-0.2, 0) is 9.59 Å². The van der Waals surface area contributed by atoms with Gasteiger partial charge in [-0.2, -0.15) is 0 Å². The molecule has 0 atom stereocenters. The number of nitrogens with one attached hydrogen (secondary N) is 2. The van der Waals surface area contributed by atoms with Gasteiger partial charge in [-0.25, -0.2) is 20.4 Å². The third-order valence-corrected chi connectivity index (χ3v) is 2.83. The minimum atomic E-state index is 0.281. The summed E-state index contributed by atoms with van der Waals surface area (Å²) in [5, 5.41) is 10.8. The molecule has 2 N–H and O–H groups in total. The van der Waals surface area contributed by atoms with Gasteiger partial charge in [0, 0.05) is 9.52 Å². The van der Waals surface area contributed by atoms with Gasteiger partial charge < -0.3 is 0 Å². The minimum Gasteiger partial charge on any atom is -0.222 e. The molecule has 0 saturated carbocycles. The molecule has 0 aliphatic rings. The Kier molecular flexibility index (Phi) is 23.7. The Morgan fingerprint density at radius 2 is 1.08 bits per heavy atom. The number of isocyanates is 2. The second-order valence-corrected chi connectivity index (χ2v) is 6.96. The van der Waals surface area contributed by atoms with Gasteiger partial charge in [-0.3, -0.25) is 0 Å². The molecule has 5 heteroatoms. The van der Waals surface area contributed by atoms with Crippen molar-refractivity contribution in [2.24, 2.45) is 0 Å². The molecule has 0 aliphatic carbocycles. The molecule has 0 radical (unpaired) electrons. The number of carbonyl (C=O) groups excluding carboxylic acids is 2. The van der Waals surface area contributed by atoms with E-state index in [1.54, 1.807) is 0 Å². The van der Waals surface area contributed by atoms with E-state index in [1.807, 2.05) is 0 Å². The number of hydrogen-bond donors (Lipinski definition) is 2. The van der Waals surface area contributed by atoms with Crippen LogP contribution in [0.2, 0.25) is 11.1 Å². The van der Waals surface area contributed by atoms with Crippen LogP contribution in [0.25, 0.3) is 0 Å². The lowest BCUT2D eigenvalue weighted by Gasteiger charge is -2.04. The lowest BCUT2D eigenvalue weighted by atomic mass is 10.5. The summed E-state index contributed by atoms with van der Waals surface area (Å²) in [5.41, 5.74) is 2.03. The zero-order chi connectivity index (χ0) is 11.3. The van der Waals surface area contributed by atoms with E-state index in [0.717, 1.165) is 23.2 Å². The molecule has 13 heavy (non-hydrogen) atoms. The van der Waals surface area contributed by atoms with Crippen LogP contribution in [-0.4, -0.2) is 21.7 Å². The second kappa shape index (κ2) is 17.2. The van der Waals surface area contributed by atoms with Crippen LogP contribution in [0, 0.1) is 10.8 Å². The van der Waals surface area contributed by atoms with E-state index >= 15 is 0 Å². The first-order valence-electron chi connectivity index (χ1n) is 4.03. The van der Waals surface area contributed by atoms with Gasteiger partial charge in [-0.05, 0) is 0 Å². The first-order valence-corrected chi connectivity index (χ1v) is 5.67. The van der Waals surface area contributed by atoms with E-state index in [4.69, 9.17) is 20.4 Å². The summed E-state index contributed by atoms with van der Waals surface area (Å²) in [7, 11) is 0.281. The van der Waals surface area contributed by atoms with Crippen molar-refractivity contribution in [2.45, 2.75) is 38.8 Å². The van der Waals surface area contributed by atoms with Crippen molar-refractivity contribution < 1.29 is 9.59 Å². The summed E-state index contributed by atoms with van der Waals surface area (Å²) < 4.78 is 0. The predicted octanol–water partition coefficient (Wildman–Crippen LogP) is 1.61. The van der Waals surface area contributed by atoms with Crippen molar-refractivity contribution in [1.29, 1.82) is 10.8 Å². The maximum absolute atomic E-state index is 8.35.